The molecule has 0 saturated heterocycles. The van der Waals surface area contributed by atoms with Crippen LogP contribution < -0.4 is 5.84 Å². The second-order valence-corrected chi connectivity index (χ2v) is 5.22. The summed E-state index contributed by atoms with van der Waals surface area (Å²) in [6.45, 7) is 1.79. The first-order valence-electron chi connectivity index (χ1n) is 5.95. The van der Waals surface area contributed by atoms with Gasteiger partial charge in [0.15, 0.2) is 0 Å². The molecule has 0 aliphatic rings. The molecular formula is C15H13BrN2O2. The van der Waals surface area contributed by atoms with E-state index in [4.69, 9.17) is 5.84 Å². The standard InChI is InChI=1S/C15H13BrN2O2/c1-10-7-8-12(16)9-13(10)15(20)18(17)14(19)11-5-3-2-4-6-11/h2-9H,17H2,1H3. The van der Waals surface area contributed by atoms with Crippen molar-refractivity contribution in [2.75, 3.05) is 0 Å². The molecule has 0 aliphatic carbocycles. The van der Waals surface area contributed by atoms with Crippen LogP contribution in [0.15, 0.2) is 53.0 Å². The molecule has 2 amide bonds. The number of benzene rings is 2. The summed E-state index contributed by atoms with van der Waals surface area (Å²) in [4.78, 5) is 24.4. The number of imide groups is 1. The number of hydrogen-bond donors (Lipinski definition) is 1. The van der Waals surface area contributed by atoms with Crippen LogP contribution in [0.1, 0.15) is 26.3 Å². The van der Waals surface area contributed by atoms with Crippen LogP contribution in [0, 0.1) is 6.92 Å². The third kappa shape index (κ3) is 2.95. The number of carbonyl (C=O) groups is 2. The summed E-state index contributed by atoms with van der Waals surface area (Å²) in [5.74, 6) is 4.60. The van der Waals surface area contributed by atoms with Crippen LogP contribution in [-0.2, 0) is 0 Å². The van der Waals surface area contributed by atoms with E-state index >= 15 is 0 Å². The van der Waals surface area contributed by atoms with E-state index in [1.54, 1.807) is 49.4 Å². The molecule has 2 N–H and O–H groups in total. The number of rotatable bonds is 2. The molecule has 0 aliphatic heterocycles. The molecule has 0 radical (unpaired) electrons. The van der Waals surface area contributed by atoms with E-state index in [0.29, 0.717) is 16.1 Å². The second-order valence-electron chi connectivity index (χ2n) is 4.31. The van der Waals surface area contributed by atoms with Crippen molar-refractivity contribution < 1.29 is 9.59 Å². The number of nitrogens with zero attached hydrogens (tertiary/aromatic N) is 1. The van der Waals surface area contributed by atoms with Gasteiger partial charge in [-0.3, -0.25) is 9.59 Å². The number of hydrazine groups is 1. The molecule has 0 fully saturated rings. The van der Waals surface area contributed by atoms with Crippen molar-refractivity contribution in [3.8, 4) is 0 Å². The molecular weight excluding hydrogens is 320 g/mol. The summed E-state index contributed by atoms with van der Waals surface area (Å²) in [6.07, 6.45) is 0. The Kier molecular flexibility index (Phi) is 4.32. The predicted octanol–water partition coefficient (Wildman–Crippen LogP) is 2.91. The van der Waals surface area contributed by atoms with Gasteiger partial charge >= 0.3 is 0 Å². The Balaban J connectivity index is 2.29. The molecule has 0 unspecified atom stereocenters. The average molecular weight is 333 g/mol. The quantitative estimate of drug-likeness (QED) is 0.398. The fourth-order valence-electron chi connectivity index (χ4n) is 1.77. The third-order valence-electron chi connectivity index (χ3n) is 2.89. The van der Waals surface area contributed by atoms with Crippen LogP contribution in [0.4, 0.5) is 0 Å². The molecule has 4 nitrogen and oxygen atoms in total. The summed E-state index contributed by atoms with van der Waals surface area (Å²) >= 11 is 3.30. The van der Waals surface area contributed by atoms with E-state index in [-0.39, 0.29) is 0 Å². The fourth-order valence-corrected chi connectivity index (χ4v) is 2.13. The van der Waals surface area contributed by atoms with Gasteiger partial charge in [-0.2, -0.15) is 0 Å². The predicted molar refractivity (Wildman–Crippen MR) is 80.0 cm³/mol. The summed E-state index contributed by atoms with van der Waals surface area (Å²) in [6, 6.07) is 13.7. The van der Waals surface area contributed by atoms with Crippen LogP contribution in [0.25, 0.3) is 0 Å². The average Bonchev–Trinajstić information content (AvgIpc) is 2.48. The first kappa shape index (κ1) is 14.4. The van der Waals surface area contributed by atoms with E-state index in [9.17, 15) is 9.59 Å². The van der Waals surface area contributed by atoms with Crippen molar-refractivity contribution in [2.24, 2.45) is 5.84 Å². The largest absolute Gasteiger partial charge is 0.275 e. The van der Waals surface area contributed by atoms with E-state index in [0.717, 1.165) is 10.0 Å². The molecule has 0 saturated carbocycles. The summed E-state index contributed by atoms with van der Waals surface area (Å²) < 4.78 is 0.756. The monoisotopic (exact) mass is 332 g/mol. The highest BCUT2D eigenvalue weighted by Crippen LogP contribution is 2.17. The number of hydrogen-bond acceptors (Lipinski definition) is 3. The highest BCUT2D eigenvalue weighted by atomic mass is 79.9. The first-order valence-corrected chi connectivity index (χ1v) is 6.74. The molecule has 2 rings (SSSR count). The van der Waals surface area contributed by atoms with Gasteiger partial charge in [-0.05, 0) is 36.8 Å². The molecule has 5 heteroatoms. The third-order valence-corrected chi connectivity index (χ3v) is 3.38. The lowest BCUT2D eigenvalue weighted by molar-refractivity contribution is 0.0615. The highest BCUT2D eigenvalue weighted by Gasteiger charge is 2.22. The van der Waals surface area contributed by atoms with Gasteiger partial charge in [0, 0.05) is 15.6 Å². The van der Waals surface area contributed by atoms with Gasteiger partial charge in [-0.15, -0.1) is 0 Å². The number of nitrogens with two attached hydrogens (primary N) is 1. The van der Waals surface area contributed by atoms with Crippen molar-refractivity contribution in [1.82, 2.24) is 5.01 Å². The number of amides is 2. The summed E-state index contributed by atoms with van der Waals surface area (Å²) in [5.41, 5.74) is 1.52. The Labute approximate surface area is 125 Å². The zero-order valence-corrected chi connectivity index (χ0v) is 12.4. The maximum atomic E-state index is 12.3. The maximum absolute atomic E-state index is 12.3. The van der Waals surface area contributed by atoms with Crippen molar-refractivity contribution >= 4 is 27.7 Å². The molecule has 0 atom stereocenters. The minimum atomic E-state index is -0.532. The minimum Gasteiger partial charge on any atom is -0.267 e. The molecule has 0 aromatic heterocycles. The van der Waals surface area contributed by atoms with Gasteiger partial charge < -0.3 is 0 Å². The summed E-state index contributed by atoms with van der Waals surface area (Å²) in [7, 11) is 0. The molecule has 20 heavy (non-hydrogen) atoms. The molecule has 102 valence electrons. The van der Waals surface area contributed by atoms with E-state index < -0.39 is 11.8 Å². The Morgan fingerprint density at radius 2 is 1.70 bits per heavy atom. The second kappa shape index (κ2) is 5.98. The molecule has 2 aromatic carbocycles. The maximum Gasteiger partial charge on any atom is 0.275 e. The number of aryl methyl sites for hydroxylation is 1. The SMILES string of the molecule is Cc1ccc(Br)cc1C(=O)N(N)C(=O)c1ccccc1. The van der Waals surface area contributed by atoms with Crippen LogP contribution in [0.3, 0.4) is 0 Å². The van der Waals surface area contributed by atoms with Crippen molar-refractivity contribution in [2.45, 2.75) is 6.92 Å². The van der Waals surface area contributed by atoms with Gasteiger partial charge in [0.25, 0.3) is 11.8 Å². The topological polar surface area (TPSA) is 63.4 Å². The number of halogens is 1. The van der Waals surface area contributed by atoms with Crippen LogP contribution in [0.5, 0.6) is 0 Å². The van der Waals surface area contributed by atoms with E-state index in [1.165, 1.54) is 0 Å². The van der Waals surface area contributed by atoms with Crippen molar-refractivity contribution in [3.05, 3.63) is 69.7 Å². The normalized spacial score (nSPS) is 10.2. The fraction of sp³-hybridized carbons (Fsp3) is 0.0667. The van der Waals surface area contributed by atoms with Gasteiger partial charge in [0.1, 0.15) is 0 Å². The lowest BCUT2D eigenvalue weighted by Crippen LogP contribution is -2.42. The van der Waals surface area contributed by atoms with Gasteiger partial charge in [0.05, 0.1) is 0 Å². The zero-order chi connectivity index (χ0) is 14.7. The van der Waals surface area contributed by atoms with E-state index in [2.05, 4.69) is 15.9 Å². The Hall–Kier alpha value is -1.98. The summed E-state index contributed by atoms with van der Waals surface area (Å²) in [5, 5.41) is 0.643. The molecule has 2 aromatic rings. The zero-order valence-electron chi connectivity index (χ0n) is 10.8. The minimum absolute atomic E-state index is 0.371. The lowest BCUT2D eigenvalue weighted by Gasteiger charge is -2.16. The van der Waals surface area contributed by atoms with Gasteiger partial charge in [-0.1, -0.05) is 40.2 Å². The highest BCUT2D eigenvalue weighted by molar-refractivity contribution is 9.10. The molecule has 0 bridgehead atoms. The van der Waals surface area contributed by atoms with E-state index in [1.807, 2.05) is 6.07 Å². The first-order chi connectivity index (χ1) is 9.50. The Morgan fingerprint density at radius 1 is 1.05 bits per heavy atom. The van der Waals surface area contributed by atoms with Crippen LogP contribution in [-0.4, -0.2) is 16.8 Å². The van der Waals surface area contributed by atoms with Crippen LogP contribution >= 0.6 is 15.9 Å². The van der Waals surface area contributed by atoms with Crippen LogP contribution in [0.2, 0.25) is 0 Å². The number of carbonyl (C=O) groups excluding carboxylic acids is 2. The van der Waals surface area contributed by atoms with Gasteiger partial charge in [-0.25, -0.2) is 10.9 Å². The molecule has 0 spiro atoms. The Morgan fingerprint density at radius 3 is 2.35 bits per heavy atom. The van der Waals surface area contributed by atoms with Crippen molar-refractivity contribution in [1.29, 1.82) is 0 Å². The van der Waals surface area contributed by atoms with Crippen molar-refractivity contribution in [3.63, 3.8) is 0 Å². The Bertz CT molecular complexity index is 656. The smallest absolute Gasteiger partial charge is 0.267 e. The van der Waals surface area contributed by atoms with Gasteiger partial charge in [0.2, 0.25) is 0 Å². The lowest BCUT2D eigenvalue weighted by atomic mass is 10.1. The molecule has 0 heterocycles.